The van der Waals surface area contributed by atoms with Crippen molar-refractivity contribution in [2.45, 2.75) is 25.7 Å². The van der Waals surface area contributed by atoms with Crippen molar-refractivity contribution in [3.05, 3.63) is 30.1 Å². The molecule has 1 aromatic rings. The zero-order valence-corrected chi connectivity index (χ0v) is 9.56. The number of aromatic nitrogens is 1. The van der Waals surface area contributed by atoms with Crippen LogP contribution in [0.4, 0.5) is 0 Å². The Morgan fingerprint density at radius 3 is 2.81 bits per heavy atom. The first kappa shape index (κ1) is 11.3. The molecule has 0 bridgehead atoms. The molecular weight excluding hydrogens is 202 g/mol. The molecule has 0 aliphatic carbocycles. The van der Waals surface area contributed by atoms with Gasteiger partial charge in [0.05, 0.1) is 11.6 Å². The molecule has 0 radical (unpaired) electrons. The van der Waals surface area contributed by atoms with Gasteiger partial charge in [-0.3, -0.25) is 9.78 Å². The predicted octanol–water partition coefficient (Wildman–Crippen LogP) is 2.18. The number of ether oxygens (including phenoxy) is 1. The van der Waals surface area contributed by atoms with E-state index in [1.807, 2.05) is 25.1 Å². The number of nitrogens with zero attached hydrogens (tertiary/aromatic N) is 1. The fourth-order valence-electron chi connectivity index (χ4n) is 2.11. The maximum Gasteiger partial charge on any atom is 0.144 e. The highest BCUT2D eigenvalue weighted by molar-refractivity contribution is 5.87. The van der Waals surface area contributed by atoms with Crippen LogP contribution in [0.25, 0.3) is 0 Å². The molecular formula is C13H17NO2. The summed E-state index contributed by atoms with van der Waals surface area (Å²) in [6, 6.07) is 5.72. The van der Waals surface area contributed by atoms with Gasteiger partial charge in [-0.05, 0) is 31.9 Å². The van der Waals surface area contributed by atoms with E-state index in [1.165, 1.54) is 0 Å². The van der Waals surface area contributed by atoms with Crippen LogP contribution in [0.5, 0.6) is 0 Å². The van der Waals surface area contributed by atoms with Gasteiger partial charge < -0.3 is 4.74 Å². The van der Waals surface area contributed by atoms with E-state index in [4.69, 9.17) is 4.74 Å². The van der Waals surface area contributed by atoms with Crippen molar-refractivity contribution in [1.29, 1.82) is 0 Å². The third kappa shape index (κ3) is 2.47. The summed E-state index contributed by atoms with van der Waals surface area (Å²) in [5.74, 6) is 0.372. The van der Waals surface area contributed by atoms with E-state index in [2.05, 4.69) is 4.98 Å². The maximum absolute atomic E-state index is 12.2. The number of hydrogen-bond donors (Lipinski definition) is 0. The average Bonchev–Trinajstić information content (AvgIpc) is 2.39. The molecule has 0 aromatic carbocycles. The second-order valence-corrected chi connectivity index (χ2v) is 4.27. The molecule has 0 N–H and O–H groups in total. The Labute approximate surface area is 95.8 Å². The van der Waals surface area contributed by atoms with E-state index in [0.717, 1.165) is 18.5 Å². The third-order valence-electron chi connectivity index (χ3n) is 3.18. The summed E-state index contributed by atoms with van der Waals surface area (Å²) in [5, 5.41) is 0. The number of ketones is 1. The van der Waals surface area contributed by atoms with Gasteiger partial charge in [-0.15, -0.1) is 0 Å². The van der Waals surface area contributed by atoms with E-state index in [0.29, 0.717) is 19.0 Å². The second kappa shape index (κ2) is 5.21. The van der Waals surface area contributed by atoms with E-state index < -0.39 is 0 Å². The van der Waals surface area contributed by atoms with Crippen molar-refractivity contribution >= 4 is 5.78 Å². The van der Waals surface area contributed by atoms with Crippen molar-refractivity contribution in [2.24, 2.45) is 5.92 Å². The largest absolute Gasteiger partial charge is 0.381 e. The zero-order valence-electron chi connectivity index (χ0n) is 9.56. The lowest BCUT2D eigenvalue weighted by Crippen LogP contribution is -2.27. The Balaban J connectivity index is 2.04. The Bertz CT molecular complexity index is 344. The summed E-state index contributed by atoms with van der Waals surface area (Å²) in [6.45, 7) is 3.37. The normalized spacial score (nSPS) is 19.3. The average molecular weight is 219 g/mol. The zero-order chi connectivity index (χ0) is 11.4. The Kier molecular flexibility index (Phi) is 3.67. The first-order valence-corrected chi connectivity index (χ1v) is 5.81. The minimum atomic E-state index is -0.0932. The van der Waals surface area contributed by atoms with Gasteiger partial charge in [0.1, 0.15) is 5.78 Å². The lowest BCUT2D eigenvalue weighted by atomic mass is 9.86. The van der Waals surface area contributed by atoms with E-state index in [-0.39, 0.29) is 11.8 Å². The van der Waals surface area contributed by atoms with Crippen LogP contribution >= 0.6 is 0 Å². The molecule has 0 spiro atoms. The van der Waals surface area contributed by atoms with Crippen LogP contribution in [0, 0.1) is 5.92 Å². The van der Waals surface area contributed by atoms with Crippen LogP contribution < -0.4 is 0 Å². The van der Waals surface area contributed by atoms with Crippen molar-refractivity contribution in [3.8, 4) is 0 Å². The standard InChI is InChI=1S/C13H17NO2/c1-10(12-4-2-3-7-14-12)13(15)11-5-8-16-9-6-11/h2-4,7,10-11H,5-6,8-9H2,1H3. The Morgan fingerprint density at radius 1 is 1.44 bits per heavy atom. The maximum atomic E-state index is 12.2. The predicted molar refractivity (Wildman–Crippen MR) is 61.2 cm³/mol. The highest BCUT2D eigenvalue weighted by Gasteiger charge is 2.27. The molecule has 1 aliphatic heterocycles. The van der Waals surface area contributed by atoms with Crippen LogP contribution in [-0.2, 0) is 9.53 Å². The lowest BCUT2D eigenvalue weighted by molar-refractivity contribution is -0.126. The molecule has 1 aromatic heterocycles. The minimum absolute atomic E-state index is 0.0932. The highest BCUT2D eigenvalue weighted by Crippen LogP contribution is 2.24. The quantitative estimate of drug-likeness (QED) is 0.782. The number of rotatable bonds is 3. The number of carbonyl (C=O) groups is 1. The molecule has 0 saturated carbocycles. The van der Waals surface area contributed by atoms with Gasteiger partial charge in [-0.2, -0.15) is 0 Å². The smallest absolute Gasteiger partial charge is 0.144 e. The van der Waals surface area contributed by atoms with Gasteiger partial charge >= 0.3 is 0 Å². The molecule has 2 heterocycles. The van der Waals surface area contributed by atoms with Crippen LogP contribution in [-0.4, -0.2) is 24.0 Å². The summed E-state index contributed by atoms with van der Waals surface area (Å²) in [6.07, 6.45) is 3.45. The monoisotopic (exact) mass is 219 g/mol. The van der Waals surface area contributed by atoms with Gasteiger partial charge in [-0.25, -0.2) is 0 Å². The Hall–Kier alpha value is -1.22. The van der Waals surface area contributed by atoms with Crippen molar-refractivity contribution in [3.63, 3.8) is 0 Å². The van der Waals surface area contributed by atoms with Crippen LogP contribution in [0.2, 0.25) is 0 Å². The molecule has 1 unspecified atom stereocenters. The van der Waals surface area contributed by atoms with Gasteiger partial charge in [0.2, 0.25) is 0 Å². The molecule has 1 fully saturated rings. The second-order valence-electron chi connectivity index (χ2n) is 4.27. The van der Waals surface area contributed by atoms with Gasteiger partial charge in [0.15, 0.2) is 0 Å². The molecule has 1 saturated heterocycles. The molecule has 2 rings (SSSR count). The third-order valence-corrected chi connectivity index (χ3v) is 3.18. The molecule has 16 heavy (non-hydrogen) atoms. The number of pyridine rings is 1. The summed E-state index contributed by atoms with van der Waals surface area (Å²) in [4.78, 5) is 16.4. The van der Waals surface area contributed by atoms with Crippen LogP contribution in [0.3, 0.4) is 0 Å². The molecule has 3 nitrogen and oxygen atoms in total. The van der Waals surface area contributed by atoms with E-state index >= 15 is 0 Å². The molecule has 1 atom stereocenters. The number of carbonyl (C=O) groups excluding carboxylic acids is 1. The number of hydrogen-bond acceptors (Lipinski definition) is 3. The van der Waals surface area contributed by atoms with Crippen molar-refractivity contribution in [2.75, 3.05) is 13.2 Å². The summed E-state index contributed by atoms with van der Waals surface area (Å²) >= 11 is 0. The molecule has 0 amide bonds. The van der Waals surface area contributed by atoms with Crippen LogP contribution in [0.15, 0.2) is 24.4 Å². The molecule has 1 aliphatic rings. The van der Waals surface area contributed by atoms with Crippen molar-refractivity contribution in [1.82, 2.24) is 4.98 Å². The van der Waals surface area contributed by atoms with Gasteiger partial charge in [0.25, 0.3) is 0 Å². The summed E-state index contributed by atoms with van der Waals surface area (Å²) < 4.78 is 5.27. The molecule has 3 heteroatoms. The van der Waals surface area contributed by atoms with E-state index in [9.17, 15) is 4.79 Å². The SMILES string of the molecule is CC(C(=O)C1CCOCC1)c1ccccn1. The number of Topliss-reactive ketones (excluding diaryl/α,β-unsaturated/α-hetero) is 1. The summed E-state index contributed by atoms with van der Waals surface area (Å²) in [5.41, 5.74) is 0.874. The molecule has 86 valence electrons. The minimum Gasteiger partial charge on any atom is -0.381 e. The fourth-order valence-corrected chi connectivity index (χ4v) is 2.11. The van der Waals surface area contributed by atoms with E-state index in [1.54, 1.807) is 6.20 Å². The topological polar surface area (TPSA) is 39.2 Å². The van der Waals surface area contributed by atoms with Gasteiger partial charge in [0, 0.05) is 25.3 Å². The highest BCUT2D eigenvalue weighted by atomic mass is 16.5. The summed E-state index contributed by atoms with van der Waals surface area (Å²) in [7, 11) is 0. The first-order valence-electron chi connectivity index (χ1n) is 5.81. The fraction of sp³-hybridized carbons (Fsp3) is 0.538. The lowest BCUT2D eigenvalue weighted by Gasteiger charge is -2.23. The van der Waals surface area contributed by atoms with Crippen LogP contribution in [0.1, 0.15) is 31.4 Å². The Morgan fingerprint density at radius 2 is 2.19 bits per heavy atom. The van der Waals surface area contributed by atoms with Gasteiger partial charge in [-0.1, -0.05) is 6.07 Å². The van der Waals surface area contributed by atoms with Crippen molar-refractivity contribution < 1.29 is 9.53 Å². The first-order chi connectivity index (χ1) is 7.79.